The first kappa shape index (κ1) is 20.5. The van der Waals surface area contributed by atoms with Gasteiger partial charge in [0, 0.05) is 17.8 Å². The van der Waals surface area contributed by atoms with Gasteiger partial charge in [-0.15, -0.1) is 0 Å². The number of benzene rings is 2. The molecule has 152 valence electrons. The van der Waals surface area contributed by atoms with Crippen LogP contribution in [0.25, 0.3) is 0 Å². The highest BCUT2D eigenvalue weighted by atomic mass is 16.5. The predicted molar refractivity (Wildman–Crippen MR) is 112 cm³/mol. The van der Waals surface area contributed by atoms with Crippen LogP contribution in [-0.4, -0.2) is 29.9 Å². The van der Waals surface area contributed by atoms with Crippen LogP contribution in [0.1, 0.15) is 28.1 Å². The summed E-state index contributed by atoms with van der Waals surface area (Å²) in [7, 11) is 3.17. The molecule has 0 bridgehead atoms. The Balaban J connectivity index is 1.63. The third-order valence-electron chi connectivity index (χ3n) is 4.98. The third-order valence-corrected chi connectivity index (χ3v) is 4.98. The molecule has 2 aromatic carbocycles. The number of methoxy groups -OCH3 is 2. The molecule has 0 radical (unpaired) electrons. The summed E-state index contributed by atoms with van der Waals surface area (Å²) in [4.78, 5) is 12.4. The van der Waals surface area contributed by atoms with Crippen LogP contribution in [0, 0.1) is 13.8 Å². The van der Waals surface area contributed by atoms with E-state index in [0.29, 0.717) is 24.6 Å². The summed E-state index contributed by atoms with van der Waals surface area (Å²) in [5, 5.41) is 7.65. The zero-order valence-electron chi connectivity index (χ0n) is 17.4. The fraction of sp³-hybridized carbons (Fsp3) is 0.304. The minimum Gasteiger partial charge on any atom is -0.493 e. The number of aryl methyl sites for hydroxylation is 1. The van der Waals surface area contributed by atoms with Gasteiger partial charge >= 0.3 is 0 Å². The molecule has 0 spiro atoms. The minimum absolute atomic E-state index is 0.0492. The van der Waals surface area contributed by atoms with Crippen molar-refractivity contribution in [3.05, 3.63) is 76.6 Å². The lowest BCUT2D eigenvalue weighted by molar-refractivity contribution is -0.120. The topological polar surface area (TPSA) is 65.4 Å². The van der Waals surface area contributed by atoms with Crippen LogP contribution in [0.5, 0.6) is 11.5 Å². The molecular weight excluding hydrogens is 366 g/mol. The summed E-state index contributed by atoms with van der Waals surface area (Å²) >= 11 is 0. The standard InChI is InChI=1S/C23H27N3O3/c1-16-20(17(2)26(25-16)15-18-8-6-5-7-9-18)14-24-23(27)13-19-10-11-21(28-3)22(12-19)29-4/h5-12H,13-15H2,1-4H3,(H,24,27). The molecule has 0 aliphatic carbocycles. The van der Waals surface area contributed by atoms with E-state index in [2.05, 4.69) is 22.5 Å². The maximum atomic E-state index is 12.4. The molecule has 0 atom stereocenters. The van der Waals surface area contributed by atoms with Gasteiger partial charge in [0.2, 0.25) is 5.91 Å². The molecule has 6 nitrogen and oxygen atoms in total. The predicted octanol–water partition coefficient (Wildman–Crippen LogP) is 3.42. The zero-order valence-corrected chi connectivity index (χ0v) is 17.4. The summed E-state index contributed by atoms with van der Waals surface area (Å²) in [6.07, 6.45) is 0.274. The van der Waals surface area contributed by atoms with Gasteiger partial charge in [-0.05, 0) is 37.1 Å². The lowest BCUT2D eigenvalue weighted by Crippen LogP contribution is -2.25. The molecular formula is C23H27N3O3. The summed E-state index contributed by atoms with van der Waals surface area (Å²) in [5.74, 6) is 1.22. The zero-order chi connectivity index (χ0) is 20.8. The van der Waals surface area contributed by atoms with Gasteiger partial charge < -0.3 is 14.8 Å². The van der Waals surface area contributed by atoms with Crippen LogP contribution in [0.2, 0.25) is 0 Å². The van der Waals surface area contributed by atoms with Gasteiger partial charge in [-0.25, -0.2) is 0 Å². The normalized spacial score (nSPS) is 10.6. The van der Waals surface area contributed by atoms with Gasteiger partial charge in [-0.3, -0.25) is 9.48 Å². The molecule has 3 rings (SSSR count). The third kappa shape index (κ3) is 4.96. The number of carbonyl (C=O) groups excluding carboxylic acids is 1. The molecule has 1 heterocycles. The van der Waals surface area contributed by atoms with E-state index in [1.54, 1.807) is 14.2 Å². The quantitative estimate of drug-likeness (QED) is 0.637. The highest BCUT2D eigenvalue weighted by Crippen LogP contribution is 2.27. The number of carbonyl (C=O) groups is 1. The number of amides is 1. The molecule has 6 heteroatoms. The number of ether oxygens (including phenoxy) is 2. The van der Waals surface area contributed by atoms with Crippen LogP contribution in [0.4, 0.5) is 0 Å². The van der Waals surface area contributed by atoms with Gasteiger partial charge in [0.15, 0.2) is 11.5 Å². The van der Waals surface area contributed by atoms with E-state index in [1.165, 1.54) is 5.56 Å². The average molecular weight is 393 g/mol. The van der Waals surface area contributed by atoms with Crippen molar-refractivity contribution in [3.63, 3.8) is 0 Å². The molecule has 0 aliphatic heterocycles. The number of aromatic nitrogens is 2. The Bertz CT molecular complexity index is 981. The lowest BCUT2D eigenvalue weighted by Gasteiger charge is -2.10. The maximum Gasteiger partial charge on any atom is 0.224 e. The molecule has 1 amide bonds. The van der Waals surface area contributed by atoms with Crippen LogP contribution in [0.15, 0.2) is 48.5 Å². The van der Waals surface area contributed by atoms with Crippen molar-refractivity contribution in [2.24, 2.45) is 0 Å². The maximum absolute atomic E-state index is 12.4. The number of nitrogens with one attached hydrogen (secondary N) is 1. The average Bonchev–Trinajstić information content (AvgIpc) is 2.99. The Morgan fingerprint density at radius 1 is 1.00 bits per heavy atom. The molecule has 0 saturated heterocycles. The number of nitrogens with zero attached hydrogens (tertiary/aromatic N) is 2. The Hall–Kier alpha value is -3.28. The van der Waals surface area contributed by atoms with E-state index >= 15 is 0 Å². The van der Waals surface area contributed by atoms with E-state index in [4.69, 9.17) is 9.47 Å². The number of hydrogen-bond donors (Lipinski definition) is 1. The Morgan fingerprint density at radius 3 is 2.41 bits per heavy atom. The summed E-state index contributed by atoms with van der Waals surface area (Å²) in [6, 6.07) is 15.7. The van der Waals surface area contributed by atoms with Gasteiger partial charge in [0.25, 0.3) is 0 Å². The second-order valence-electron chi connectivity index (χ2n) is 6.94. The summed E-state index contributed by atoms with van der Waals surface area (Å²) in [5.41, 5.74) is 5.12. The number of hydrogen-bond acceptors (Lipinski definition) is 4. The molecule has 0 aliphatic rings. The Kier molecular flexibility index (Phi) is 6.54. The smallest absolute Gasteiger partial charge is 0.224 e. The van der Waals surface area contributed by atoms with E-state index in [0.717, 1.165) is 22.5 Å². The molecule has 0 unspecified atom stereocenters. The van der Waals surface area contributed by atoms with E-state index in [1.807, 2.05) is 54.9 Å². The first-order valence-corrected chi connectivity index (χ1v) is 9.56. The molecule has 1 N–H and O–H groups in total. The Labute approximate surface area is 171 Å². The highest BCUT2D eigenvalue weighted by molar-refractivity contribution is 5.78. The monoisotopic (exact) mass is 393 g/mol. The van der Waals surface area contributed by atoms with Crippen LogP contribution in [0.3, 0.4) is 0 Å². The molecule has 0 saturated carbocycles. The van der Waals surface area contributed by atoms with Gasteiger partial charge in [0.05, 0.1) is 32.9 Å². The SMILES string of the molecule is COc1ccc(CC(=O)NCc2c(C)nn(Cc3ccccc3)c2C)cc1OC. The Morgan fingerprint density at radius 2 is 1.72 bits per heavy atom. The summed E-state index contributed by atoms with van der Waals surface area (Å²) in [6.45, 7) is 5.19. The second kappa shape index (κ2) is 9.28. The fourth-order valence-corrected chi connectivity index (χ4v) is 3.33. The van der Waals surface area contributed by atoms with Crippen molar-refractivity contribution in [1.29, 1.82) is 0 Å². The number of rotatable bonds is 8. The van der Waals surface area contributed by atoms with Crippen LogP contribution >= 0.6 is 0 Å². The second-order valence-corrected chi connectivity index (χ2v) is 6.94. The highest BCUT2D eigenvalue weighted by Gasteiger charge is 2.14. The van der Waals surface area contributed by atoms with Crippen molar-refractivity contribution in [3.8, 4) is 11.5 Å². The molecule has 3 aromatic rings. The fourth-order valence-electron chi connectivity index (χ4n) is 3.33. The minimum atomic E-state index is -0.0492. The first-order valence-electron chi connectivity index (χ1n) is 9.56. The lowest BCUT2D eigenvalue weighted by atomic mass is 10.1. The first-order chi connectivity index (χ1) is 14.0. The van der Waals surface area contributed by atoms with Gasteiger partial charge in [-0.2, -0.15) is 5.10 Å². The molecule has 29 heavy (non-hydrogen) atoms. The van der Waals surface area contributed by atoms with Crippen molar-refractivity contribution in [1.82, 2.24) is 15.1 Å². The molecule has 1 aromatic heterocycles. The van der Waals surface area contributed by atoms with E-state index in [9.17, 15) is 4.79 Å². The van der Waals surface area contributed by atoms with Crippen LogP contribution in [-0.2, 0) is 24.3 Å². The van der Waals surface area contributed by atoms with Gasteiger partial charge in [-0.1, -0.05) is 36.4 Å². The largest absolute Gasteiger partial charge is 0.493 e. The summed E-state index contributed by atoms with van der Waals surface area (Å²) < 4.78 is 12.5. The molecule has 0 fully saturated rings. The van der Waals surface area contributed by atoms with E-state index < -0.39 is 0 Å². The van der Waals surface area contributed by atoms with E-state index in [-0.39, 0.29) is 12.3 Å². The van der Waals surface area contributed by atoms with Crippen molar-refractivity contribution < 1.29 is 14.3 Å². The van der Waals surface area contributed by atoms with Gasteiger partial charge in [0.1, 0.15) is 0 Å². The van der Waals surface area contributed by atoms with Crippen molar-refractivity contribution in [2.75, 3.05) is 14.2 Å². The van der Waals surface area contributed by atoms with Crippen molar-refractivity contribution in [2.45, 2.75) is 33.4 Å². The van der Waals surface area contributed by atoms with Crippen LogP contribution < -0.4 is 14.8 Å². The van der Waals surface area contributed by atoms with Crippen molar-refractivity contribution >= 4 is 5.91 Å².